The van der Waals surface area contributed by atoms with E-state index >= 15 is 0 Å². The summed E-state index contributed by atoms with van der Waals surface area (Å²) in [5.74, 6) is 0. The van der Waals surface area contributed by atoms with Crippen LogP contribution in [0.4, 0.5) is 0 Å². The first-order valence-electron chi connectivity index (χ1n) is 3.56. The highest BCUT2D eigenvalue weighted by Crippen LogP contribution is 2.28. The summed E-state index contributed by atoms with van der Waals surface area (Å²) in [7, 11) is 0. The lowest BCUT2D eigenvalue weighted by molar-refractivity contribution is 0.179. The first-order chi connectivity index (χ1) is 5.13. The predicted octanol–water partition coefficient (Wildman–Crippen LogP) is 1.85. The van der Waals surface area contributed by atoms with E-state index in [0.29, 0.717) is 0 Å². The summed E-state index contributed by atoms with van der Waals surface area (Å²) in [6, 6.07) is 1.84. The molecule has 0 saturated carbocycles. The third-order valence-corrected chi connectivity index (χ3v) is 2.66. The van der Waals surface area contributed by atoms with Gasteiger partial charge in [-0.1, -0.05) is 0 Å². The molecule has 2 nitrogen and oxygen atoms in total. The third-order valence-electron chi connectivity index (χ3n) is 1.56. The lowest BCUT2D eigenvalue weighted by atomic mass is 10.1. The fourth-order valence-corrected chi connectivity index (χ4v) is 1.95. The largest absolute Gasteiger partial charge is 0.389 e. The quantitative estimate of drug-likeness (QED) is 0.714. The first kappa shape index (κ1) is 8.71. The van der Waals surface area contributed by atoms with Crippen molar-refractivity contribution in [1.29, 1.82) is 0 Å². The molecule has 0 radical (unpaired) electrons. The van der Waals surface area contributed by atoms with Crippen molar-refractivity contribution >= 4 is 11.3 Å². The van der Waals surface area contributed by atoms with Crippen molar-refractivity contribution in [3.8, 4) is 0 Å². The van der Waals surface area contributed by atoms with Crippen LogP contribution in [0.25, 0.3) is 0 Å². The van der Waals surface area contributed by atoms with Crippen LogP contribution in [0.15, 0.2) is 11.4 Å². The molecule has 0 bridgehead atoms. The minimum absolute atomic E-state index is 0.473. The smallest absolute Gasteiger partial charge is 0.0857 e. The molecule has 0 aromatic carbocycles. The molecule has 0 fully saturated rings. The number of hydrogen-bond acceptors (Lipinski definition) is 3. The Morgan fingerprint density at radius 1 is 1.27 bits per heavy atom. The van der Waals surface area contributed by atoms with Crippen molar-refractivity contribution in [3.63, 3.8) is 0 Å². The van der Waals surface area contributed by atoms with Crippen LogP contribution >= 0.6 is 11.3 Å². The molecule has 0 aliphatic carbocycles. The summed E-state index contributed by atoms with van der Waals surface area (Å²) in [6.45, 7) is 3.41. The number of hydrogen-bond donors (Lipinski definition) is 2. The summed E-state index contributed by atoms with van der Waals surface area (Å²) in [5, 5.41) is 20.4. The van der Waals surface area contributed by atoms with Crippen LogP contribution in [0.3, 0.4) is 0 Å². The normalized spacial score (nSPS) is 16.4. The van der Waals surface area contributed by atoms with E-state index in [4.69, 9.17) is 0 Å². The van der Waals surface area contributed by atoms with Gasteiger partial charge in [-0.25, -0.2) is 0 Å². The molecule has 3 heteroatoms. The van der Waals surface area contributed by atoms with Crippen molar-refractivity contribution in [2.24, 2.45) is 0 Å². The van der Waals surface area contributed by atoms with E-state index in [1.165, 1.54) is 11.3 Å². The summed E-state index contributed by atoms with van der Waals surface area (Å²) < 4.78 is 0. The summed E-state index contributed by atoms with van der Waals surface area (Å²) in [6.07, 6.45) is -0.953. The zero-order valence-electron chi connectivity index (χ0n) is 6.61. The molecule has 0 aliphatic heterocycles. The molecule has 2 N–H and O–H groups in total. The SMILES string of the molecule is CC(O)c1ccsc1C(C)O. The Hall–Kier alpha value is -0.380. The zero-order chi connectivity index (χ0) is 8.43. The van der Waals surface area contributed by atoms with Gasteiger partial charge in [0, 0.05) is 4.88 Å². The Labute approximate surface area is 70.1 Å². The third kappa shape index (κ3) is 1.80. The van der Waals surface area contributed by atoms with Crippen LogP contribution in [0.5, 0.6) is 0 Å². The number of rotatable bonds is 2. The lowest BCUT2D eigenvalue weighted by Gasteiger charge is -2.07. The molecule has 0 saturated heterocycles. The van der Waals surface area contributed by atoms with E-state index in [-0.39, 0.29) is 0 Å². The van der Waals surface area contributed by atoms with E-state index in [9.17, 15) is 10.2 Å². The van der Waals surface area contributed by atoms with E-state index in [0.717, 1.165) is 10.4 Å². The molecule has 2 unspecified atom stereocenters. The predicted molar refractivity (Wildman–Crippen MR) is 45.6 cm³/mol. The highest BCUT2D eigenvalue weighted by atomic mass is 32.1. The van der Waals surface area contributed by atoms with Gasteiger partial charge in [0.05, 0.1) is 12.2 Å². The Kier molecular flexibility index (Phi) is 2.65. The molecule has 1 heterocycles. The second kappa shape index (κ2) is 3.34. The Bertz CT molecular complexity index is 205. The number of thiophene rings is 1. The van der Waals surface area contributed by atoms with Gasteiger partial charge in [0.25, 0.3) is 0 Å². The Morgan fingerprint density at radius 3 is 2.27 bits per heavy atom. The first-order valence-corrected chi connectivity index (χ1v) is 4.44. The maximum absolute atomic E-state index is 9.24. The van der Waals surface area contributed by atoms with Crippen LogP contribution in [-0.2, 0) is 0 Å². The van der Waals surface area contributed by atoms with E-state index in [1.807, 2.05) is 11.4 Å². The average Bonchev–Trinajstić information content (AvgIpc) is 2.32. The molecule has 0 amide bonds. The molecule has 1 aromatic rings. The fraction of sp³-hybridized carbons (Fsp3) is 0.500. The van der Waals surface area contributed by atoms with Crippen LogP contribution in [-0.4, -0.2) is 10.2 Å². The van der Waals surface area contributed by atoms with Gasteiger partial charge in [0.15, 0.2) is 0 Å². The van der Waals surface area contributed by atoms with Crippen molar-refractivity contribution in [3.05, 3.63) is 21.9 Å². The Balaban J connectivity index is 2.96. The summed E-state index contributed by atoms with van der Waals surface area (Å²) in [4.78, 5) is 0.861. The van der Waals surface area contributed by atoms with Crippen LogP contribution < -0.4 is 0 Å². The number of aliphatic hydroxyl groups excluding tert-OH is 2. The van der Waals surface area contributed by atoms with Crippen LogP contribution in [0.2, 0.25) is 0 Å². The molecule has 62 valence electrons. The molecule has 1 rings (SSSR count). The van der Waals surface area contributed by atoms with E-state index < -0.39 is 12.2 Å². The maximum atomic E-state index is 9.24. The highest BCUT2D eigenvalue weighted by Gasteiger charge is 2.12. The molecular formula is C8H12O2S. The van der Waals surface area contributed by atoms with Gasteiger partial charge < -0.3 is 10.2 Å². The van der Waals surface area contributed by atoms with Crippen molar-refractivity contribution < 1.29 is 10.2 Å². The van der Waals surface area contributed by atoms with Gasteiger partial charge in [-0.15, -0.1) is 11.3 Å². The average molecular weight is 172 g/mol. The van der Waals surface area contributed by atoms with Gasteiger partial charge in [-0.3, -0.25) is 0 Å². The molecule has 1 aromatic heterocycles. The second-order valence-electron chi connectivity index (χ2n) is 2.59. The zero-order valence-corrected chi connectivity index (χ0v) is 7.43. The van der Waals surface area contributed by atoms with Gasteiger partial charge >= 0.3 is 0 Å². The lowest BCUT2D eigenvalue weighted by Crippen LogP contribution is -1.96. The molecule has 0 spiro atoms. The minimum Gasteiger partial charge on any atom is -0.389 e. The maximum Gasteiger partial charge on any atom is 0.0857 e. The fourth-order valence-electron chi connectivity index (χ4n) is 1.02. The van der Waals surface area contributed by atoms with Gasteiger partial charge in [-0.2, -0.15) is 0 Å². The van der Waals surface area contributed by atoms with E-state index in [1.54, 1.807) is 13.8 Å². The monoisotopic (exact) mass is 172 g/mol. The van der Waals surface area contributed by atoms with Crippen molar-refractivity contribution in [1.82, 2.24) is 0 Å². The molecule has 0 aliphatic rings. The van der Waals surface area contributed by atoms with Crippen LogP contribution in [0, 0.1) is 0 Å². The molecule has 2 atom stereocenters. The van der Waals surface area contributed by atoms with Gasteiger partial charge in [0.1, 0.15) is 0 Å². The minimum atomic E-state index is -0.481. The second-order valence-corrected chi connectivity index (χ2v) is 3.54. The number of aliphatic hydroxyl groups is 2. The molecule has 11 heavy (non-hydrogen) atoms. The van der Waals surface area contributed by atoms with Gasteiger partial charge in [0.2, 0.25) is 0 Å². The highest BCUT2D eigenvalue weighted by molar-refractivity contribution is 7.10. The molecular weight excluding hydrogens is 160 g/mol. The van der Waals surface area contributed by atoms with Crippen molar-refractivity contribution in [2.45, 2.75) is 26.1 Å². The van der Waals surface area contributed by atoms with Gasteiger partial charge in [-0.05, 0) is 30.9 Å². The summed E-state index contributed by atoms with van der Waals surface area (Å²) >= 11 is 1.48. The van der Waals surface area contributed by atoms with E-state index in [2.05, 4.69) is 0 Å². The standard InChI is InChI=1S/C8H12O2S/c1-5(9)7-3-4-11-8(7)6(2)10/h3-6,9-10H,1-2H3. The Morgan fingerprint density at radius 2 is 1.91 bits per heavy atom. The van der Waals surface area contributed by atoms with Crippen LogP contribution in [0.1, 0.15) is 36.5 Å². The summed E-state index contributed by atoms with van der Waals surface area (Å²) in [5.41, 5.74) is 0.838. The van der Waals surface area contributed by atoms with Crippen molar-refractivity contribution in [2.75, 3.05) is 0 Å². The topological polar surface area (TPSA) is 40.5 Å².